The molecule has 3 heterocycles. The van der Waals surface area contributed by atoms with Crippen molar-refractivity contribution in [2.24, 2.45) is 10.4 Å². The van der Waals surface area contributed by atoms with Gasteiger partial charge in [0.25, 0.3) is 0 Å². The van der Waals surface area contributed by atoms with Gasteiger partial charge in [-0.3, -0.25) is 4.99 Å². The Kier molecular flexibility index (Phi) is 4.38. The molecule has 1 atom stereocenters. The Bertz CT molecular complexity index is 527. The van der Waals surface area contributed by atoms with Gasteiger partial charge in [0, 0.05) is 44.3 Å². The lowest BCUT2D eigenvalue weighted by Crippen LogP contribution is -2.42. The van der Waals surface area contributed by atoms with E-state index in [0.29, 0.717) is 5.41 Å². The first kappa shape index (κ1) is 15.3. The summed E-state index contributed by atoms with van der Waals surface area (Å²) in [6, 6.07) is 0. The number of rotatable bonds is 3. The van der Waals surface area contributed by atoms with E-state index in [-0.39, 0.29) is 0 Å². The maximum atomic E-state index is 5.60. The van der Waals surface area contributed by atoms with Gasteiger partial charge in [-0.15, -0.1) is 0 Å². The van der Waals surface area contributed by atoms with Gasteiger partial charge in [0.05, 0.1) is 12.3 Å². The van der Waals surface area contributed by atoms with Crippen LogP contribution in [0, 0.1) is 19.3 Å². The summed E-state index contributed by atoms with van der Waals surface area (Å²) < 4.78 is 10.8. The van der Waals surface area contributed by atoms with Crippen LogP contribution in [0.2, 0.25) is 0 Å². The Balaban J connectivity index is 1.53. The van der Waals surface area contributed by atoms with E-state index < -0.39 is 0 Å². The average Bonchev–Trinajstić information content (AvgIpc) is 3.22. The number of ether oxygens (including phenoxy) is 1. The topological polar surface area (TPSA) is 62.9 Å². The van der Waals surface area contributed by atoms with E-state index in [2.05, 4.69) is 20.4 Å². The van der Waals surface area contributed by atoms with Gasteiger partial charge in [-0.05, 0) is 33.1 Å². The molecular formula is C16H26N4O2. The van der Waals surface area contributed by atoms with Gasteiger partial charge in [-0.1, -0.05) is 5.16 Å². The zero-order valence-corrected chi connectivity index (χ0v) is 13.8. The van der Waals surface area contributed by atoms with Crippen molar-refractivity contribution in [3.8, 4) is 0 Å². The first-order valence-corrected chi connectivity index (χ1v) is 8.09. The molecule has 1 aromatic rings. The van der Waals surface area contributed by atoms with Gasteiger partial charge >= 0.3 is 0 Å². The fourth-order valence-corrected chi connectivity index (χ4v) is 3.58. The number of nitrogens with zero attached hydrogens (tertiary/aromatic N) is 3. The van der Waals surface area contributed by atoms with E-state index in [1.807, 2.05) is 20.9 Å². The maximum Gasteiger partial charge on any atom is 0.193 e. The summed E-state index contributed by atoms with van der Waals surface area (Å²) in [4.78, 5) is 6.80. The van der Waals surface area contributed by atoms with Crippen LogP contribution in [0.25, 0.3) is 0 Å². The summed E-state index contributed by atoms with van der Waals surface area (Å²) >= 11 is 0. The number of nitrogens with one attached hydrogen (secondary N) is 1. The molecule has 2 saturated heterocycles. The minimum absolute atomic E-state index is 0.360. The Morgan fingerprint density at radius 2 is 2.27 bits per heavy atom. The van der Waals surface area contributed by atoms with Crippen LogP contribution in [0.15, 0.2) is 9.52 Å². The van der Waals surface area contributed by atoms with Crippen molar-refractivity contribution < 1.29 is 9.26 Å². The van der Waals surface area contributed by atoms with Gasteiger partial charge in [0.15, 0.2) is 5.96 Å². The zero-order valence-electron chi connectivity index (χ0n) is 13.8. The number of hydrogen-bond acceptors (Lipinski definition) is 4. The minimum atomic E-state index is 0.360. The van der Waals surface area contributed by atoms with Crippen LogP contribution in [-0.2, 0) is 11.2 Å². The molecule has 122 valence electrons. The Morgan fingerprint density at radius 3 is 2.91 bits per heavy atom. The number of aromatic nitrogens is 1. The Morgan fingerprint density at radius 1 is 1.41 bits per heavy atom. The zero-order chi connectivity index (χ0) is 15.6. The van der Waals surface area contributed by atoms with E-state index in [1.54, 1.807) is 0 Å². The molecule has 0 aliphatic carbocycles. The van der Waals surface area contributed by atoms with E-state index in [1.165, 1.54) is 18.4 Å². The van der Waals surface area contributed by atoms with Gasteiger partial charge in [-0.25, -0.2) is 0 Å². The molecule has 2 fully saturated rings. The molecule has 0 radical (unpaired) electrons. The molecule has 1 N–H and O–H groups in total. The summed E-state index contributed by atoms with van der Waals surface area (Å²) in [5.41, 5.74) is 2.54. The third-order valence-electron chi connectivity index (χ3n) is 4.97. The lowest BCUT2D eigenvalue weighted by molar-refractivity contribution is 0.156. The van der Waals surface area contributed by atoms with E-state index >= 15 is 0 Å². The fraction of sp³-hybridized carbons (Fsp3) is 0.750. The van der Waals surface area contributed by atoms with Crippen LogP contribution >= 0.6 is 0 Å². The average molecular weight is 306 g/mol. The Labute approximate surface area is 131 Å². The van der Waals surface area contributed by atoms with Crippen molar-refractivity contribution in [1.82, 2.24) is 15.4 Å². The first-order valence-electron chi connectivity index (χ1n) is 8.09. The molecule has 0 amide bonds. The molecule has 0 aromatic carbocycles. The lowest BCUT2D eigenvalue weighted by atomic mass is 9.87. The van der Waals surface area contributed by atoms with Crippen LogP contribution in [0.5, 0.6) is 0 Å². The lowest BCUT2D eigenvalue weighted by Gasteiger charge is -2.24. The molecule has 0 bridgehead atoms. The molecule has 1 aromatic heterocycles. The summed E-state index contributed by atoms with van der Waals surface area (Å²) in [5.74, 6) is 1.91. The second-order valence-corrected chi connectivity index (χ2v) is 6.50. The van der Waals surface area contributed by atoms with Crippen molar-refractivity contribution in [2.75, 3.05) is 39.9 Å². The van der Waals surface area contributed by atoms with E-state index in [4.69, 9.17) is 9.26 Å². The van der Waals surface area contributed by atoms with Crippen LogP contribution in [-0.4, -0.2) is 55.9 Å². The van der Waals surface area contributed by atoms with Crippen molar-refractivity contribution in [2.45, 2.75) is 33.1 Å². The smallest absolute Gasteiger partial charge is 0.193 e. The predicted molar refractivity (Wildman–Crippen MR) is 85.1 cm³/mol. The summed E-state index contributed by atoms with van der Waals surface area (Å²) in [5, 5.41) is 7.48. The van der Waals surface area contributed by atoms with Crippen molar-refractivity contribution in [1.29, 1.82) is 0 Å². The highest BCUT2D eigenvalue weighted by molar-refractivity contribution is 5.80. The number of likely N-dealkylation sites (tertiary alicyclic amines) is 1. The summed E-state index contributed by atoms with van der Waals surface area (Å²) in [6.45, 7) is 8.73. The number of aliphatic imine (C=N–C) groups is 1. The van der Waals surface area contributed by atoms with Crippen LogP contribution < -0.4 is 5.32 Å². The van der Waals surface area contributed by atoms with Crippen LogP contribution in [0.4, 0.5) is 0 Å². The molecule has 0 saturated carbocycles. The molecule has 6 nitrogen and oxygen atoms in total. The molecule has 2 aliphatic heterocycles. The quantitative estimate of drug-likeness (QED) is 0.677. The fourth-order valence-electron chi connectivity index (χ4n) is 3.58. The highest BCUT2D eigenvalue weighted by Crippen LogP contribution is 2.38. The summed E-state index contributed by atoms with van der Waals surface area (Å²) in [6.07, 6.45) is 3.29. The van der Waals surface area contributed by atoms with Gasteiger partial charge in [0.2, 0.25) is 0 Å². The van der Waals surface area contributed by atoms with Crippen molar-refractivity contribution in [3.05, 3.63) is 17.0 Å². The number of hydrogen-bond donors (Lipinski definition) is 1. The van der Waals surface area contributed by atoms with Gasteiger partial charge in [0.1, 0.15) is 5.76 Å². The second-order valence-electron chi connectivity index (χ2n) is 6.50. The molecule has 22 heavy (non-hydrogen) atoms. The molecular weight excluding hydrogens is 280 g/mol. The number of aryl methyl sites for hydroxylation is 2. The second kappa shape index (κ2) is 6.28. The predicted octanol–water partition coefficient (Wildman–Crippen LogP) is 1.52. The first-order chi connectivity index (χ1) is 10.6. The van der Waals surface area contributed by atoms with Gasteiger partial charge < -0.3 is 19.5 Å². The highest BCUT2D eigenvalue weighted by Gasteiger charge is 2.42. The standard InChI is InChI=1S/C16H26N4O2/c1-12-14(13(2)22-19-12)4-7-18-15(17-3)20-8-5-16(10-20)6-9-21-11-16/h4-11H2,1-3H3,(H,17,18). The SMILES string of the molecule is CN=C(NCCc1c(C)noc1C)N1CCC2(CCOC2)C1. The normalized spacial score (nSPS) is 25.4. The van der Waals surface area contributed by atoms with Crippen molar-refractivity contribution >= 4 is 5.96 Å². The molecule has 3 rings (SSSR count). The van der Waals surface area contributed by atoms with E-state index in [9.17, 15) is 0 Å². The Hall–Kier alpha value is -1.56. The number of guanidine groups is 1. The minimum Gasteiger partial charge on any atom is -0.381 e. The maximum absolute atomic E-state index is 5.60. The van der Waals surface area contributed by atoms with Crippen LogP contribution in [0.3, 0.4) is 0 Å². The largest absolute Gasteiger partial charge is 0.381 e. The van der Waals surface area contributed by atoms with Gasteiger partial charge in [-0.2, -0.15) is 0 Å². The molecule has 6 heteroatoms. The highest BCUT2D eigenvalue weighted by atomic mass is 16.5. The monoisotopic (exact) mass is 306 g/mol. The summed E-state index contributed by atoms with van der Waals surface area (Å²) in [7, 11) is 1.86. The molecule has 1 unspecified atom stereocenters. The third-order valence-corrected chi connectivity index (χ3v) is 4.97. The molecule has 2 aliphatic rings. The van der Waals surface area contributed by atoms with Crippen LogP contribution in [0.1, 0.15) is 29.9 Å². The van der Waals surface area contributed by atoms with Crippen molar-refractivity contribution in [3.63, 3.8) is 0 Å². The third kappa shape index (κ3) is 2.97. The molecule has 1 spiro atoms. The van der Waals surface area contributed by atoms with E-state index in [0.717, 1.165) is 56.7 Å².